The molecule has 5 heteroatoms. The third kappa shape index (κ3) is 1.63. The van der Waals surface area contributed by atoms with E-state index in [2.05, 4.69) is 4.98 Å². The van der Waals surface area contributed by atoms with Crippen molar-refractivity contribution in [2.75, 3.05) is 26.1 Å². The fraction of sp³-hybridized carbons (Fsp3) is 0.417. The Kier molecular flexibility index (Phi) is 2.40. The fourth-order valence-corrected chi connectivity index (χ4v) is 2.33. The molecule has 1 unspecified atom stereocenters. The number of rotatable bonds is 2. The molecule has 0 saturated carbocycles. The molecule has 0 spiro atoms. The van der Waals surface area contributed by atoms with Crippen LogP contribution in [0.2, 0.25) is 0 Å². The van der Waals surface area contributed by atoms with Crippen molar-refractivity contribution in [2.24, 2.45) is 0 Å². The lowest BCUT2D eigenvalue weighted by atomic mass is 10.2. The fourth-order valence-electron chi connectivity index (χ4n) is 2.33. The Balaban J connectivity index is 2.17. The molecule has 0 aliphatic carbocycles. The molecule has 1 aliphatic rings. The average molecular weight is 233 g/mol. The van der Waals surface area contributed by atoms with Crippen LogP contribution in [0.4, 0.5) is 5.95 Å². The summed E-state index contributed by atoms with van der Waals surface area (Å²) in [4.78, 5) is 4.36. The molecular weight excluding hydrogens is 218 g/mol. The summed E-state index contributed by atoms with van der Waals surface area (Å²) in [7, 11) is 1.66. The summed E-state index contributed by atoms with van der Waals surface area (Å²) in [5.74, 6) is 1.36. The van der Waals surface area contributed by atoms with Crippen molar-refractivity contribution >= 4 is 17.0 Å². The minimum Gasteiger partial charge on any atom is -0.497 e. The number of nitrogens with zero attached hydrogens (tertiary/aromatic N) is 2. The van der Waals surface area contributed by atoms with Crippen molar-refractivity contribution in [3.63, 3.8) is 0 Å². The van der Waals surface area contributed by atoms with E-state index >= 15 is 0 Å². The Morgan fingerprint density at radius 3 is 3.12 bits per heavy atom. The van der Waals surface area contributed by atoms with Gasteiger partial charge in [0.25, 0.3) is 0 Å². The van der Waals surface area contributed by atoms with E-state index < -0.39 is 0 Å². The van der Waals surface area contributed by atoms with E-state index in [-0.39, 0.29) is 6.04 Å². The summed E-state index contributed by atoms with van der Waals surface area (Å²) >= 11 is 0. The molecule has 2 heterocycles. The van der Waals surface area contributed by atoms with Crippen LogP contribution in [0.15, 0.2) is 18.2 Å². The van der Waals surface area contributed by atoms with Gasteiger partial charge in [-0.05, 0) is 18.6 Å². The van der Waals surface area contributed by atoms with E-state index in [0.29, 0.717) is 12.6 Å². The molecule has 1 aromatic heterocycles. The molecule has 3 rings (SSSR count). The van der Waals surface area contributed by atoms with Crippen LogP contribution in [-0.2, 0) is 4.74 Å². The topological polar surface area (TPSA) is 62.3 Å². The van der Waals surface area contributed by atoms with Gasteiger partial charge < -0.3 is 19.8 Å². The smallest absolute Gasteiger partial charge is 0.201 e. The van der Waals surface area contributed by atoms with Crippen molar-refractivity contribution in [1.29, 1.82) is 0 Å². The first-order valence-corrected chi connectivity index (χ1v) is 5.69. The van der Waals surface area contributed by atoms with Crippen molar-refractivity contribution in [2.45, 2.75) is 12.5 Å². The van der Waals surface area contributed by atoms with Gasteiger partial charge in [-0.2, -0.15) is 0 Å². The van der Waals surface area contributed by atoms with Crippen LogP contribution in [-0.4, -0.2) is 29.9 Å². The van der Waals surface area contributed by atoms with Gasteiger partial charge in [-0.15, -0.1) is 0 Å². The molecule has 90 valence electrons. The Bertz CT molecular complexity index is 544. The normalized spacial score (nSPS) is 19.9. The summed E-state index contributed by atoms with van der Waals surface area (Å²) in [6.45, 7) is 1.49. The number of benzene rings is 1. The van der Waals surface area contributed by atoms with E-state index in [1.807, 2.05) is 22.8 Å². The van der Waals surface area contributed by atoms with E-state index in [1.54, 1.807) is 7.11 Å². The zero-order valence-corrected chi connectivity index (χ0v) is 9.72. The van der Waals surface area contributed by atoms with Crippen LogP contribution in [0.3, 0.4) is 0 Å². The van der Waals surface area contributed by atoms with Crippen LogP contribution in [0.1, 0.15) is 12.5 Å². The molecule has 5 nitrogen and oxygen atoms in total. The summed E-state index contributed by atoms with van der Waals surface area (Å²) < 4.78 is 12.7. The third-order valence-electron chi connectivity index (χ3n) is 3.19. The SMILES string of the molecule is COc1ccc2nc(N)n(C3CCOC3)c2c1. The van der Waals surface area contributed by atoms with Crippen LogP contribution in [0.25, 0.3) is 11.0 Å². The predicted molar refractivity (Wildman–Crippen MR) is 65.2 cm³/mol. The number of imidazole rings is 1. The van der Waals surface area contributed by atoms with Crippen LogP contribution >= 0.6 is 0 Å². The van der Waals surface area contributed by atoms with Crippen LogP contribution in [0, 0.1) is 0 Å². The second-order valence-electron chi connectivity index (χ2n) is 4.21. The number of methoxy groups -OCH3 is 1. The zero-order chi connectivity index (χ0) is 11.8. The van der Waals surface area contributed by atoms with Crippen molar-refractivity contribution in [3.8, 4) is 5.75 Å². The highest BCUT2D eigenvalue weighted by molar-refractivity contribution is 5.80. The number of hydrogen-bond donors (Lipinski definition) is 1. The molecule has 1 aliphatic heterocycles. The Morgan fingerprint density at radius 2 is 2.41 bits per heavy atom. The highest BCUT2D eigenvalue weighted by Gasteiger charge is 2.22. The van der Waals surface area contributed by atoms with Gasteiger partial charge in [-0.3, -0.25) is 0 Å². The van der Waals surface area contributed by atoms with E-state index in [1.165, 1.54) is 0 Å². The minimum atomic E-state index is 0.284. The second-order valence-corrected chi connectivity index (χ2v) is 4.21. The number of hydrogen-bond acceptors (Lipinski definition) is 4. The maximum Gasteiger partial charge on any atom is 0.201 e. The van der Waals surface area contributed by atoms with Gasteiger partial charge in [0.15, 0.2) is 0 Å². The maximum absolute atomic E-state index is 5.98. The average Bonchev–Trinajstić information content (AvgIpc) is 2.93. The lowest BCUT2D eigenvalue weighted by Gasteiger charge is -2.13. The summed E-state index contributed by atoms with van der Waals surface area (Å²) in [6.07, 6.45) is 0.979. The molecule has 0 bridgehead atoms. The molecule has 1 saturated heterocycles. The Morgan fingerprint density at radius 1 is 1.53 bits per heavy atom. The van der Waals surface area contributed by atoms with Crippen molar-refractivity contribution in [3.05, 3.63) is 18.2 Å². The molecule has 17 heavy (non-hydrogen) atoms. The maximum atomic E-state index is 5.98. The van der Waals surface area contributed by atoms with Gasteiger partial charge in [0.05, 0.1) is 30.8 Å². The summed E-state index contributed by atoms with van der Waals surface area (Å²) in [5, 5.41) is 0. The van der Waals surface area contributed by atoms with Gasteiger partial charge in [0.1, 0.15) is 5.75 Å². The quantitative estimate of drug-likeness (QED) is 0.855. The van der Waals surface area contributed by atoms with Crippen LogP contribution < -0.4 is 10.5 Å². The van der Waals surface area contributed by atoms with Crippen LogP contribution in [0.5, 0.6) is 5.75 Å². The van der Waals surface area contributed by atoms with Gasteiger partial charge >= 0.3 is 0 Å². The minimum absolute atomic E-state index is 0.284. The molecule has 2 N–H and O–H groups in total. The lowest BCUT2D eigenvalue weighted by molar-refractivity contribution is 0.187. The number of ether oxygens (including phenoxy) is 2. The summed E-state index contributed by atoms with van der Waals surface area (Å²) in [6, 6.07) is 6.07. The monoisotopic (exact) mass is 233 g/mol. The molecule has 0 radical (unpaired) electrons. The molecule has 1 atom stereocenters. The van der Waals surface area contributed by atoms with Crippen molar-refractivity contribution in [1.82, 2.24) is 9.55 Å². The Hall–Kier alpha value is -1.75. The first-order valence-electron chi connectivity index (χ1n) is 5.69. The molecule has 1 aromatic carbocycles. The number of anilines is 1. The number of nitrogens with two attached hydrogens (primary N) is 1. The largest absolute Gasteiger partial charge is 0.497 e. The van der Waals surface area contributed by atoms with Crippen molar-refractivity contribution < 1.29 is 9.47 Å². The molecule has 0 amide bonds. The predicted octanol–water partition coefficient (Wildman–Crippen LogP) is 1.59. The number of fused-ring (bicyclic) bond motifs is 1. The first-order chi connectivity index (χ1) is 8.29. The highest BCUT2D eigenvalue weighted by Crippen LogP contribution is 2.29. The summed E-state index contributed by atoms with van der Waals surface area (Å²) in [5.41, 5.74) is 7.89. The standard InChI is InChI=1S/C12H15N3O2/c1-16-9-2-3-10-11(6-9)15(12(13)14-10)8-4-5-17-7-8/h2-3,6,8H,4-5,7H2,1H3,(H2,13,14). The lowest BCUT2D eigenvalue weighted by Crippen LogP contribution is -2.11. The molecule has 1 fully saturated rings. The molecular formula is C12H15N3O2. The first kappa shape index (κ1) is 10.4. The number of aromatic nitrogens is 2. The second kappa shape index (κ2) is 3.92. The Labute approximate surface area is 99.1 Å². The highest BCUT2D eigenvalue weighted by atomic mass is 16.5. The van der Waals surface area contributed by atoms with Gasteiger partial charge in [-0.25, -0.2) is 4.98 Å². The van der Waals surface area contributed by atoms with E-state index in [4.69, 9.17) is 15.2 Å². The van der Waals surface area contributed by atoms with Gasteiger partial charge in [0, 0.05) is 12.7 Å². The zero-order valence-electron chi connectivity index (χ0n) is 9.72. The number of nitrogen functional groups attached to an aromatic ring is 1. The van der Waals surface area contributed by atoms with Gasteiger partial charge in [-0.1, -0.05) is 0 Å². The third-order valence-corrected chi connectivity index (χ3v) is 3.19. The van der Waals surface area contributed by atoms with E-state index in [9.17, 15) is 0 Å². The molecule has 2 aromatic rings. The van der Waals surface area contributed by atoms with E-state index in [0.717, 1.165) is 29.8 Å². The van der Waals surface area contributed by atoms with Gasteiger partial charge in [0.2, 0.25) is 5.95 Å².